The summed E-state index contributed by atoms with van der Waals surface area (Å²) in [4.78, 5) is 2.69. The Morgan fingerprint density at radius 2 is 1.95 bits per heavy atom. The lowest BCUT2D eigenvalue weighted by Crippen LogP contribution is -1.99. The first-order chi connectivity index (χ1) is 8.79. The zero-order chi connectivity index (χ0) is 14.2. The number of sulfone groups is 1. The average Bonchev–Trinajstić information content (AvgIpc) is 2.66. The quantitative estimate of drug-likeness (QED) is 0.670. The first kappa shape index (κ1) is 15.2. The molecule has 0 N–H and O–H groups in total. The third-order valence-corrected chi connectivity index (χ3v) is 7.08. The van der Waals surface area contributed by atoms with Gasteiger partial charge in [0.05, 0.1) is 9.72 Å². The van der Waals surface area contributed by atoms with Gasteiger partial charge in [-0.3, -0.25) is 0 Å². The van der Waals surface area contributed by atoms with Crippen LogP contribution in [0.1, 0.15) is 20.1 Å². The number of halogens is 2. The van der Waals surface area contributed by atoms with Gasteiger partial charge in [-0.15, -0.1) is 11.3 Å². The maximum atomic E-state index is 11.6. The van der Waals surface area contributed by atoms with Gasteiger partial charge < -0.3 is 0 Å². The molecule has 1 aromatic heterocycles. The van der Waals surface area contributed by atoms with Crippen LogP contribution < -0.4 is 0 Å². The normalized spacial score (nSPS) is 13.5. The van der Waals surface area contributed by atoms with E-state index in [0.29, 0.717) is 4.90 Å². The lowest BCUT2D eigenvalue weighted by molar-refractivity contribution is 0.602. The Morgan fingerprint density at radius 1 is 1.26 bits per heavy atom. The smallest absolute Gasteiger partial charge is 0.175 e. The summed E-state index contributed by atoms with van der Waals surface area (Å²) in [6.07, 6.45) is 1.22. The molecular formula is C13H12Br2O2S2. The van der Waals surface area contributed by atoms with Crippen molar-refractivity contribution >= 4 is 53.0 Å². The van der Waals surface area contributed by atoms with Crippen LogP contribution in [0.25, 0.3) is 0 Å². The highest BCUT2D eigenvalue weighted by Gasteiger charge is 2.18. The molecule has 0 saturated carbocycles. The summed E-state index contributed by atoms with van der Waals surface area (Å²) in [6.45, 7) is 2.05. The van der Waals surface area contributed by atoms with Crippen molar-refractivity contribution in [2.75, 3.05) is 6.26 Å². The van der Waals surface area contributed by atoms with Gasteiger partial charge in [-0.05, 0) is 46.6 Å². The minimum absolute atomic E-state index is 0.0118. The van der Waals surface area contributed by atoms with E-state index in [0.717, 1.165) is 14.9 Å². The predicted octanol–water partition coefficient (Wildman–Crippen LogP) is 4.71. The Hall–Kier alpha value is -0.170. The standard InChI is InChI=1S/C13H12Br2O2S2/c1-8-6-11(14)13(18-8)12(15)9-4-3-5-10(7-9)19(2,16)17/h3-7,12H,1-2H3. The van der Waals surface area contributed by atoms with Crippen molar-refractivity contribution in [1.82, 2.24) is 0 Å². The number of thiophene rings is 1. The number of benzene rings is 1. The maximum absolute atomic E-state index is 11.6. The average molecular weight is 424 g/mol. The van der Waals surface area contributed by atoms with E-state index in [2.05, 4.69) is 37.9 Å². The number of hydrogen-bond donors (Lipinski definition) is 0. The van der Waals surface area contributed by atoms with E-state index in [1.165, 1.54) is 11.1 Å². The molecule has 2 nitrogen and oxygen atoms in total. The summed E-state index contributed by atoms with van der Waals surface area (Å²) >= 11 is 8.87. The van der Waals surface area contributed by atoms with Gasteiger partial charge in [0.15, 0.2) is 9.84 Å². The summed E-state index contributed by atoms with van der Waals surface area (Å²) in [7, 11) is -3.18. The molecule has 1 atom stereocenters. The van der Waals surface area contributed by atoms with E-state index < -0.39 is 9.84 Å². The van der Waals surface area contributed by atoms with Crippen LogP contribution in [0.3, 0.4) is 0 Å². The fourth-order valence-corrected chi connectivity index (χ4v) is 5.41. The van der Waals surface area contributed by atoms with Crippen LogP contribution in [0, 0.1) is 6.92 Å². The number of rotatable bonds is 3. The topological polar surface area (TPSA) is 34.1 Å². The van der Waals surface area contributed by atoms with Crippen molar-refractivity contribution < 1.29 is 8.42 Å². The van der Waals surface area contributed by atoms with Gasteiger partial charge in [0.2, 0.25) is 0 Å². The summed E-state index contributed by atoms with van der Waals surface area (Å²) in [5, 5.41) is 0. The molecule has 2 rings (SSSR count). The van der Waals surface area contributed by atoms with Crippen LogP contribution in [-0.4, -0.2) is 14.7 Å². The molecular weight excluding hydrogens is 412 g/mol. The molecule has 0 saturated heterocycles. The molecule has 1 heterocycles. The van der Waals surface area contributed by atoms with Crippen molar-refractivity contribution in [3.05, 3.63) is 50.1 Å². The van der Waals surface area contributed by atoms with Crippen LogP contribution in [0.4, 0.5) is 0 Å². The number of hydrogen-bond acceptors (Lipinski definition) is 3. The minimum Gasteiger partial charge on any atom is -0.224 e. The van der Waals surface area contributed by atoms with Crippen LogP contribution in [0.5, 0.6) is 0 Å². The first-order valence-corrected chi connectivity index (χ1v) is 9.90. The van der Waals surface area contributed by atoms with Gasteiger partial charge in [-0.25, -0.2) is 8.42 Å². The Labute approximate surface area is 134 Å². The summed E-state index contributed by atoms with van der Waals surface area (Å²) in [6, 6.07) is 9.10. The van der Waals surface area contributed by atoms with E-state index >= 15 is 0 Å². The van der Waals surface area contributed by atoms with Gasteiger partial charge in [0.25, 0.3) is 0 Å². The van der Waals surface area contributed by atoms with E-state index in [1.54, 1.807) is 29.5 Å². The molecule has 6 heteroatoms. The van der Waals surface area contributed by atoms with Gasteiger partial charge in [0, 0.05) is 20.5 Å². The van der Waals surface area contributed by atoms with Crippen LogP contribution >= 0.6 is 43.2 Å². The highest BCUT2D eigenvalue weighted by molar-refractivity contribution is 9.11. The molecule has 102 valence electrons. The highest BCUT2D eigenvalue weighted by atomic mass is 79.9. The molecule has 0 bridgehead atoms. The molecule has 0 aliphatic carbocycles. The summed E-state index contributed by atoms with van der Waals surface area (Å²) in [5.41, 5.74) is 0.936. The fraction of sp³-hybridized carbons (Fsp3) is 0.231. The van der Waals surface area contributed by atoms with Gasteiger partial charge in [-0.2, -0.15) is 0 Å². The SMILES string of the molecule is Cc1cc(Br)c(C(Br)c2cccc(S(C)(=O)=O)c2)s1. The molecule has 0 spiro atoms. The van der Waals surface area contributed by atoms with Crippen LogP contribution in [0.2, 0.25) is 0 Å². The van der Waals surface area contributed by atoms with Crippen LogP contribution in [-0.2, 0) is 9.84 Å². The van der Waals surface area contributed by atoms with Crippen molar-refractivity contribution in [2.45, 2.75) is 16.6 Å². The molecule has 0 radical (unpaired) electrons. The second-order valence-electron chi connectivity index (χ2n) is 4.28. The second-order valence-corrected chi connectivity index (χ2v) is 9.35. The Balaban J connectivity index is 2.45. The molecule has 1 aromatic carbocycles. The lowest BCUT2D eigenvalue weighted by atomic mass is 10.1. The third-order valence-electron chi connectivity index (χ3n) is 2.65. The van der Waals surface area contributed by atoms with E-state index in [9.17, 15) is 8.42 Å². The van der Waals surface area contributed by atoms with Crippen molar-refractivity contribution in [2.24, 2.45) is 0 Å². The monoisotopic (exact) mass is 422 g/mol. The lowest BCUT2D eigenvalue weighted by Gasteiger charge is -2.10. The predicted molar refractivity (Wildman–Crippen MR) is 87.1 cm³/mol. The van der Waals surface area contributed by atoms with Crippen LogP contribution in [0.15, 0.2) is 39.7 Å². The molecule has 0 amide bonds. The third kappa shape index (κ3) is 3.48. The Morgan fingerprint density at radius 3 is 2.47 bits per heavy atom. The van der Waals surface area contributed by atoms with E-state index in [4.69, 9.17) is 0 Å². The minimum atomic E-state index is -3.18. The van der Waals surface area contributed by atoms with Crippen molar-refractivity contribution in [3.63, 3.8) is 0 Å². The molecule has 0 fully saturated rings. The van der Waals surface area contributed by atoms with Gasteiger partial charge in [-0.1, -0.05) is 28.1 Å². The maximum Gasteiger partial charge on any atom is 0.175 e. The molecule has 1 unspecified atom stereocenters. The zero-order valence-electron chi connectivity index (χ0n) is 10.4. The Bertz CT molecular complexity index is 705. The van der Waals surface area contributed by atoms with E-state index in [-0.39, 0.29) is 4.83 Å². The molecule has 0 aliphatic rings. The summed E-state index contributed by atoms with van der Waals surface area (Å²) < 4.78 is 24.2. The second kappa shape index (κ2) is 5.68. The molecule has 2 aromatic rings. The first-order valence-electron chi connectivity index (χ1n) is 5.49. The summed E-state index contributed by atoms with van der Waals surface area (Å²) in [5.74, 6) is 0. The Kier molecular flexibility index (Phi) is 4.55. The molecule has 0 aliphatic heterocycles. The number of alkyl halides is 1. The number of aryl methyl sites for hydroxylation is 1. The molecule has 19 heavy (non-hydrogen) atoms. The van der Waals surface area contributed by atoms with Crippen molar-refractivity contribution in [3.8, 4) is 0 Å². The zero-order valence-corrected chi connectivity index (χ0v) is 15.2. The highest BCUT2D eigenvalue weighted by Crippen LogP contribution is 2.40. The van der Waals surface area contributed by atoms with E-state index in [1.807, 2.05) is 13.0 Å². The van der Waals surface area contributed by atoms with Gasteiger partial charge >= 0.3 is 0 Å². The van der Waals surface area contributed by atoms with Gasteiger partial charge in [0.1, 0.15) is 0 Å². The van der Waals surface area contributed by atoms with Crippen molar-refractivity contribution in [1.29, 1.82) is 0 Å². The fourth-order valence-electron chi connectivity index (χ4n) is 1.73. The largest absolute Gasteiger partial charge is 0.224 e.